The smallest absolute Gasteiger partial charge is 0.251 e. The Morgan fingerprint density at radius 2 is 1.73 bits per heavy atom. The van der Waals surface area contributed by atoms with Crippen LogP contribution < -0.4 is 10.1 Å². The van der Waals surface area contributed by atoms with Gasteiger partial charge in [-0.25, -0.2) is 9.97 Å². The van der Waals surface area contributed by atoms with Crippen molar-refractivity contribution in [2.45, 2.75) is 34.2 Å². The van der Waals surface area contributed by atoms with Gasteiger partial charge in [0.1, 0.15) is 5.75 Å². The van der Waals surface area contributed by atoms with E-state index < -0.39 is 0 Å². The molecule has 0 spiro atoms. The number of carbonyl (C=O) groups excluding carboxylic acids is 1. The predicted octanol–water partition coefficient (Wildman–Crippen LogP) is 3.88. The third-order valence-corrected chi connectivity index (χ3v) is 4.33. The number of hydrogen-bond acceptors (Lipinski definition) is 4. The van der Waals surface area contributed by atoms with Gasteiger partial charge in [-0.15, -0.1) is 0 Å². The van der Waals surface area contributed by atoms with Gasteiger partial charge in [0, 0.05) is 12.1 Å². The van der Waals surface area contributed by atoms with Crippen LogP contribution >= 0.6 is 0 Å². The zero-order valence-corrected chi connectivity index (χ0v) is 15.6. The van der Waals surface area contributed by atoms with Crippen LogP contribution in [0, 0.1) is 20.8 Å². The number of fused-ring (bicyclic) bond motifs is 1. The van der Waals surface area contributed by atoms with E-state index in [0.29, 0.717) is 18.7 Å². The molecule has 1 amide bonds. The van der Waals surface area contributed by atoms with Crippen molar-refractivity contribution in [2.75, 3.05) is 6.61 Å². The van der Waals surface area contributed by atoms with Crippen molar-refractivity contribution in [3.05, 3.63) is 64.5 Å². The Kier molecular flexibility index (Phi) is 5.16. The fraction of sp³-hybridized carbons (Fsp3) is 0.286. The summed E-state index contributed by atoms with van der Waals surface area (Å²) < 4.78 is 5.55. The average molecular weight is 349 g/mol. The molecule has 0 unspecified atom stereocenters. The molecular formula is C21H23N3O2. The van der Waals surface area contributed by atoms with Crippen LogP contribution in [-0.2, 0) is 6.54 Å². The van der Waals surface area contributed by atoms with Gasteiger partial charge in [0.25, 0.3) is 5.91 Å². The zero-order chi connectivity index (χ0) is 18.7. The quantitative estimate of drug-likeness (QED) is 0.759. The van der Waals surface area contributed by atoms with Gasteiger partial charge < -0.3 is 10.1 Å². The first-order valence-electron chi connectivity index (χ1n) is 8.73. The minimum atomic E-state index is -0.126. The molecule has 0 saturated heterocycles. The first kappa shape index (κ1) is 17.9. The highest BCUT2D eigenvalue weighted by Gasteiger charge is 2.09. The van der Waals surface area contributed by atoms with E-state index >= 15 is 0 Å². The number of carbonyl (C=O) groups is 1. The van der Waals surface area contributed by atoms with Gasteiger partial charge in [-0.1, -0.05) is 12.1 Å². The largest absolute Gasteiger partial charge is 0.494 e. The summed E-state index contributed by atoms with van der Waals surface area (Å²) in [6, 6.07) is 11.3. The summed E-state index contributed by atoms with van der Waals surface area (Å²) in [6.07, 6.45) is 0. The summed E-state index contributed by atoms with van der Waals surface area (Å²) in [7, 11) is 0. The highest BCUT2D eigenvalue weighted by atomic mass is 16.5. The number of aryl methyl sites for hydroxylation is 3. The van der Waals surface area contributed by atoms with Crippen LogP contribution in [0.4, 0.5) is 0 Å². The Hall–Kier alpha value is -2.95. The van der Waals surface area contributed by atoms with E-state index in [1.807, 2.05) is 52.0 Å². The summed E-state index contributed by atoms with van der Waals surface area (Å²) in [5.41, 5.74) is 5.99. The van der Waals surface area contributed by atoms with E-state index in [1.54, 1.807) is 12.1 Å². The lowest BCUT2D eigenvalue weighted by molar-refractivity contribution is 0.0951. The average Bonchev–Trinajstić information content (AvgIpc) is 2.62. The molecule has 1 heterocycles. The zero-order valence-electron chi connectivity index (χ0n) is 15.6. The third kappa shape index (κ3) is 3.82. The summed E-state index contributed by atoms with van der Waals surface area (Å²) >= 11 is 0. The highest BCUT2D eigenvalue weighted by molar-refractivity contribution is 5.97. The Bertz CT molecular complexity index is 967. The number of nitrogens with one attached hydrogen (secondary N) is 1. The third-order valence-electron chi connectivity index (χ3n) is 4.33. The second kappa shape index (κ2) is 7.52. The molecule has 0 aliphatic rings. The molecule has 0 aliphatic heterocycles. The van der Waals surface area contributed by atoms with Crippen molar-refractivity contribution < 1.29 is 9.53 Å². The van der Waals surface area contributed by atoms with Crippen molar-refractivity contribution in [3.8, 4) is 5.75 Å². The lowest BCUT2D eigenvalue weighted by Crippen LogP contribution is -2.22. The Balaban J connectivity index is 1.73. The molecule has 1 N–H and O–H groups in total. The van der Waals surface area contributed by atoms with Gasteiger partial charge >= 0.3 is 0 Å². The van der Waals surface area contributed by atoms with Crippen molar-refractivity contribution in [2.24, 2.45) is 0 Å². The second-order valence-electron chi connectivity index (χ2n) is 6.31. The normalized spacial score (nSPS) is 10.8. The summed E-state index contributed by atoms with van der Waals surface area (Å²) in [6.45, 7) is 8.92. The summed E-state index contributed by atoms with van der Waals surface area (Å²) in [4.78, 5) is 21.5. The number of ether oxygens (including phenoxy) is 1. The fourth-order valence-corrected chi connectivity index (χ4v) is 2.80. The fourth-order valence-electron chi connectivity index (χ4n) is 2.80. The van der Waals surface area contributed by atoms with Crippen LogP contribution in [0.3, 0.4) is 0 Å². The lowest BCUT2D eigenvalue weighted by Gasteiger charge is -2.10. The molecule has 0 saturated carbocycles. The number of rotatable bonds is 5. The first-order chi connectivity index (χ1) is 12.5. The molecule has 1 aromatic heterocycles. The lowest BCUT2D eigenvalue weighted by atomic mass is 10.1. The second-order valence-corrected chi connectivity index (χ2v) is 6.31. The van der Waals surface area contributed by atoms with Gasteiger partial charge in [0.15, 0.2) is 0 Å². The molecular weight excluding hydrogens is 326 g/mol. The van der Waals surface area contributed by atoms with E-state index in [9.17, 15) is 4.79 Å². The maximum atomic E-state index is 12.5. The Morgan fingerprint density at radius 3 is 2.42 bits per heavy atom. The molecule has 0 radical (unpaired) electrons. The van der Waals surface area contributed by atoms with Crippen molar-refractivity contribution in [3.63, 3.8) is 0 Å². The van der Waals surface area contributed by atoms with Crippen molar-refractivity contribution in [1.82, 2.24) is 15.3 Å². The molecule has 26 heavy (non-hydrogen) atoms. The van der Waals surface area contributed by atoms with Gasteiger partial charge in [-0.3, -0.25) is 4.79 Å². The monoisotopic (exact) mass is 349 g/mol. The number of hydrogen-bond donors (Lipinski definition) is 1. The van der Waals surface area contributed by atoms with E-state index in [2.05, 4.69) is 15.3 Å². The van der Waals surface area contributed by atoms with Crippen LogP contribution in [0.5, 0.6) is 5.75 Å². The molecule has 2 aromatic carbocycles. The molecule has 0 fully saturated rings. The topological polar surface area (TPSA) is 64.1 Å². The van der Waals surface area contributed by atoms with E-state index in [1.165, 1.54) is 0 Å². The maximum Gasteiger partial charge on any atom is 0.251 e. The molecule has 0 aliphatic carbocycles. The van der Waals surface area contributed by atoms with Gasteiger partial charge in [0.2, 0.25) is 0 Å². The Labute approximate surface area is 153 Å². The van der Waals surface area contributed by atoms with Gasteiger partial charge in [-0.2, -0.15) is 0 Å². The van der Waals surface area contributed by atoms with Crippen LogP contribution in [-0.4, -0.2) is 22.5 Å². The van der Waals surface area contributed by atoms with E-state index in [-0.39, 0.29) is 5.91 Å². The molecule has 0 bridgehead atoms. The minimum Gasteiger partial charge on any atom is -0.494 e. The molecule has 3 aromatic rings. The number of amides is 1. The number of benzene rings is 2. The molecule has 5 heteroatoms. The van der Waals surface area contributed by atoms with E-state index in [4.69, 9.17) is 4.74 Å². The van der Waals surface area contributed by atoms with Gasteiger partial charge in [0.05, 0.1) is 29.0 Å². The molecule has 134 valence electrons. The predicted molar refractivity (Wildman–Crippen MR) is 103 cm³/mol. The first-order valence-corrected chi connectivity index (χ1v) is 8.73. The molecule has 5 nitrogen and oxygen atoms in total. The highest BCUT2D eigenvalue weighted by Crippen LogP contribution is 2.19. The summed E-state index contributed by atoms with van der Waals surface area (Å²) in [5.74, 6) is 0.750. The van der Waals surface area contributed by atoms with E-state index in [0.717, 1.165) is 39.3 Å². The van der Waals surface area contributed by atoms with Crippen LogP contribution in [0.2, 0.25) is 0 Å². The van der Waals surface area contributed by atoms with Crippen LogP contribution in [0.15, 0.2) is 36.4 Å². The Morgan fingerprint density at radius 1 is 1.00 bits per heavy atom. The molecule has 0 atom stereocenters. The van der Waals surface area contributed by atoms with Gasteiger partial charge in [-0.05, 0) is 63.1 Å². The number of nitrogens with zero attached hydrogens (tertiary/aromatic N) is 2. The minimum absolute atomic E-state index is 0.126. The van der Waals surface area contributed by atoms with Crippen LogP contribution in [0.25, 0.3) is 11.0 Å². The summed E-state index contributed by atoms with van der Waals surface area (Å²) in [5, 5.41) is 2.96. The van der Waals surface area contributed by atoms with Crippen molar-refractivity contribution >= 4 is 16.9 Å². The SMILES string of the molecule is CCOc1ccc(CNC(=O)c2ccc3nc(C)c(C)nc3c2)cc1C. The molecule has 3 rings (SSSR count). The standard InChI is InChI=1S/C21H23N3O2/c1-5-26-20-9-6-16(10-13(20)2)12-22-21(25)17-7-8-18-19(11-17)24-15(4)14(3)23-18/h6-11H,5,12H2,1-4H3,(H,22,25). The van der Waals surface area contributed by atoms with Crippen molar-refractivity contribution in [1.29, 1.82) is 0 Å². The van der Waals surface area contributed by atoms with Crippen LogP contribution in [0.1, 0.15) is 39.8 Å². The maximum absolute atomic E-state index is 12.5. The number of aromatic nitrogens is 2.